The van der Waals surface area contributed by atoms with Gasteiger partial charge in [0.05, 0.1) is 32.3 Å². The molecule has 10 nitrogen and oxygen atoms in total. The van der Waals surface area contributed by atoms with E-state index in [1.807, 2.05) is 11.0 Å². The lowest BCUT2D eigenvalue weighted by atomic mass is 10.1. The number of nitrogens with zero attached hydrogens (tertiary/aromatic N) is 2. The predicted molar refractivity (Wildman–Crippen MR) is 101 cm³/mol. The van der Waals surface area contributed by atoms with Crippen LogP contribution in [0.25, 0.3) is 0 Å². The third kappa shape index (κ3) is 6.84. The van der Waals surface area contributed by atoms with E-state index in [1.165, 1.54) is 0 Å². The molecule has 1 aromatic carbocycles. The van der Waals surface area contributed by atoms with Crippen molar-refractivity contribution in [2.24, 2.45) is 5.92 Å². The van der Waals surface area contributed by atoms with Gasteiger partial charge in [-0.2, -0.15) is 0 Å². The fourth-order valence-corrected chi connectivity index (χ4v) is 3.51. The van der Waals surface area contributed by atoms with Crippen molar-refractivity contribution in [1.82, 2.24) is 15.1 Å². The second-order valence-corrected chi connectivity index (χ2v) is 6.85. The molecular formula is C19H25N3O7. The molecule has 2 aliphatic heterocycles. The van der Waals surface area contributed by atoms with Gasteiger partial charge < -0.3 is 25.2 Å². The average Bonchev–Trinajstić information content (AvgIpc) is 2.97. The minimum absolute atomic E-state index is 0.0419. The number of benzene rings is 1. The molecule has 0 aliphatic carbocycles. The van der Waals surface area contributed by atoms with Crippen LogP contribution in [-0.4, -0.2) is 96.2 Å². The molecule has 1 aromatic rings. The molecule has 2 saturated heterocycles. The van der Waals surface area contributed by atoms with E-state index in [9.17, 15) is 14.4 Å². The topological polar surface area (TPSA) is 136 Å². The molecule has 3 N–H and O–H groups in total. The molecule has 0 unspecified atom stereocenters. The van der Waals surface area contributed by atoms with Crippen molar-refractivity contribution >= 4 is 24.3 Å². The second kappa shape index (κ2) is 11.1. The highest BCUT2D eigenvalue weighted by Crippen LogP contribution is 2.19. The van der Waals surface area contributed by atoms with Crippen LogP contribution < -0.4 is 5.32 Å². The average molecular weight is 407 g/mol. The second-order valence-electron chi connectivity index (χ2n) is 6.85. The summed E-state index contributed by atoms with van der Waals surface area (Å²) in [5, 5.41) is 18.6. The molecule has 2 bridgehead atoms. The summed E-state index contributed by atoms with van der Waals surface area (Å²) in [4.78, 5) is 47.8. The minimum atomic E-state index is -0.876. The SMILES string of the molecule is O=C(O)CN1C[C@@H]2COC[C@H](C1)N(C(=O)CNC(=O)c1ccccc1)C2.O=CO. The minimum Gasteiger partial charge on any atom is -0.483 e. The van der Waals surface area contributed by atoms with E-state index in [0.717, 1.165) is 0 Å². The van der Waals surface area contributed by atoms with E-state index in [4.69, 9.17) is 19.7 Å². The smallest absolute Gasteiger partial charge is 0.317 e. The van der Waals surface area contributed by atoms with Crippen molar-refractivity contribution in [3.8, 4) is 0 Å². The van der Waals surface area contributed by atoms with Gasteiger partial charge in [0.2, 0.25) is 5.91 Å². The summed E-state index contributed by atoms with van der Waals surface area (Å²) >= 11 is 0. The molecule has 2 amide bonds. The number of carbonyl (C=O) groups is 4. The fourth-order valence-electron chi connectivity index (χ4n) is 3.51. The summed E-state index contributed by atoms with van der Waals surface area (Å²) in [5.74, 6) is -1.28. The Hall–Kier alpha value is -2.98. The van der Waals surface area contributed by atoms with Gasteiger partial charge in [0.15, 0.2) is 0 Å². The van der Waals surface area contributed by atoms with E-state index in [-0.39, 0.29) is 43.3 Å². The third-order valence-electron chi connectivity index (χ3n) is 4.66. The molecule has 0 spiro atoms. The first-order valence-electron chi connectivity index (χ1n) is 9.17. The van der Waals surface area contributed by atoms with Gasteiger partial charge in [0.1, 0.15) is 0 Å². The molecule has 0 radical (unpaired) electrons. The molecular weight excluding hydrogens is 382 g/mol. The molecule has 2 aliphatic rings. The van der Waals surface area contributed by atoms with E-state index in [0.29, 0.717) is 38.4 Å². The summed E-state index contributed by atoms with van der Waals surface area (Å²) in [5.41, 5.74) is 0.505. The Balaban J connectivity index is 0.000000941. The number of hydrogen-bond acceptors (Lipinski definition) is 6. The van der Waals surface area contributed by atoms with Crippen LogP contribution in [0.15, 0.2) is 30.3 Å². The zero-order chi connectivity index (χ0) is 21.2. The van der Waals surface area contributed by atoms with Crippen LogP contribution in [-0.2, 0) is 19.1 Å². The van der Waals surface area contributed by atoms with Crippen LogP contribution in [0.5, 0.6) is 0 Å². The van der Waals surface area contributed by atoms with Crippen molar-refractivity contribution in [2.45, 2.75) is 6.04 Å². The molecule has 29 heavy (non-hydrogen) atoms. The number of carboxylic acids is 1. The maximum absolute atomic E-state index is 12.7. The normalized spacial score (nSPS) is 21.2. The molecule has 0 saturated carbocycles. The summed E-state index contributed by atoms with van der Waals surface area (Å²) in [6, 6.07) is 8.53. The highest BCUT2D eigenvalue weighted by Gasteiger charge is 2.36. The number of carboxylic acid groups (broad SMARTS) is 2. The number of amides is 2. The number of fused-ring (bicyclic) bond motifs is 3. The Bertz CT molecular complexity index is 713. The Morgan fingerprint density at radius 2 is 1.83 bits per heavy atom. The molecule has 158 valence electrons. The zero-order valence-electron chi connectivity index (χ0n) is 15.9. The van der Waals surface area contributed by atoms with Gasteiger partial charge in [-0.15, -0.1) is 0 Å². The van der Waals surface area contributed by atoms with Crippen molar-refractivity contribution in [2.75, 3.05) is 45.9 Å². The van der Waals surface area contributed by atoms with Crippen LogP contribution in [0.4, 0.5) is 0 Å². The van der Waals surface area contributed by atoms with Gasteiger partial charge >= 0.3 is 5.97 Å². The number of ether oxygens (including phenoxy) is 1. The van der Waals surface area contributed by atoms with Crippen molar-refractivity contribution < 1.29 is 34.1 Å². The lowest BCUT2D eigenvalue weighted by Gasteiger charge is -2.30. The third-order valence-corrected chi connectivity index (χ3v) is 4.66. The lowest BCUT2D eigenvalue weighted by molar-refractivity contribution is -0.138. The highest BCUT2D eigenvalue weighted by atomic mass is 16.5. The highest BCUT2D eigenvalue weighted by molar-refractivity contribution is 5.96. The Labute approximate surface area is 168 Å². The maximum atomic E-state index is 12.7. The van der Waals surface area contributed by atoms with Crippen molar-refractivity contribution in [1.29, 1.82) is 0 Å². The molecule has 3 rings (SSSR count). The van der Waals surface area contributed by atoms with Crippen molar-refractivity contribution in [3.05, 3.63) is 35.9 Å². The van der Waals surface area contributed by atoms with Gasteiger partial charge in [-0.3, -0.25) is 24.1 Å². The van der Waals surface area contributed by atoms with Crippen LogP contribution >= 0.6 is 0 Å². The Morgan fingerprint density at radius 3 is 2.48 bits per heavy atom. The van der Waals surface area contributed by atoms with Gasteiger partial charge in [-0.05, 0) is 12.1 Å². The summed E-state index contributed by atoms with van der Waals surface area (Å²) in [6.45, 7) is 2.07. The fraction of sp³-hybridized carbons (Fsp3) is 0.474. The van der Waals surface area contributed by atoms with E-state index >= 15 is 0 Å². The monoisotopic (exact) mass is 407 g/mol. The van der Waals surface area contributed by atoms with Crippen LogP contribution in [0.3, 0.4) is 0 Å². The molecule has 0 aromatic heterocycles. The maximum Gasteiger partial charge on any atom is 0.317 e. The summed E-state index contributed by atoms with van der Waals surface area (Å²) in [6.07, 6.45) is 0. The number of nitrogens with one attached hydrogen (secondary N) is 1. The Morgan fingerprint density at radius 1 is 1.14 bits per heavy atom. The number of aliphatic carboxylic acids is 1. The Kier molecular flexibility index (Phi) is 8.56. The van der Waals surface area contributed by atoms with E-state index in [1.54, 1.807) is 29.2 Å². The molecule has 10 heteroatoms. The van der Waals surface area contributed by atoms with Gasteiger partial charge in [0, 0.05) is 31.1 Å². The van der Waals surface area contributed by atoms with E-state index < -0.39 is 5.97 Å². The van der Waals surface area contributed by atoms with E-state index in [2.05, 4.69) is 5.32 Å². The van der Waals surface area contributed by atoms with Gasteiger partial charge in [0.25, 0.3) is 12.4 Å². The first kappa shape index (κ1) is 22.3. The zero-order valence-corrected chi connectivity index (χ0v) is 15.9. The number of hydrogen-bond donors (Lipinski definition) is 3. The largest absolute Gasteiger partial charge is 0.483 e. The molecule has 2 atom stereocenters. The van der Waals surface area contributed by atoms with Crippen LogP contribution in [0.2, 0.25) is 0 Å². The first-order valence-corrected chi connectivity index (χ1v) is 9.17. The van der Waals surface area contributed by atoms with Gasteiger partial charge in [-0.1, -0.05) is 18.2 Å². The van der Waals surface area contributed by atoms with Gasteiger partial charge in [-0.25, -0.2) is 0 Å². The number of carbonyl (C=O) groups excluding carboxylic acids is 2. The van der Waals surface area contributed by atoms with Crippen LogP contribution in [0.1, 0.15) is 10.4 Å². The quantitative estimate of drug-likeness (QED) is 0.549. The first-order chi connectivity index (χ1) is 13.9. The standard InChI is InChI=1S/C18H23N3O5.CH2O2/c22-16(6-19-18(25)14-4-2-1-3-5-14)21-8-13-7-20(10-17(23)24)9-15(21)12-26-11-13;2-1-3/h1-5,13,15H,6-12H2,(H,19,25)(H,23,24);1H,(H,2,3)/t13-,15-;/m0./s1. The lowest BCUT2D eigenvalue weighted by Crippen LogP contribution is -2.50. The summed E-state index contributed by atoms with van der Waals surface area (Å²) in [7, 11) is 0. The van der Waals surface area contributed by atoms with Crippen molar-refractivity contribution in [3.63, 3.8) is 0 Å². The summed E-state index contributed by atoms with van der Waals surface area (Å²) < 4.78 is 5.63. The molecule has 2 fully saturated rings. The molecule has 2 heterocycles. The van der Waals surface area contributed by atoms with Crippen LogP contribution in [0, 0.1) is 5.92 Å². The predicted octanol–water partition coefficient (Wildman–Crippen LogP) is -0.639. The number of rotatable bonds is 5.